The predicted octanol–water partition coefficient (Wildman–Crippen LogP) is 3.15. The van der Waals surface area contributed by atoms with Gasteiger partial charge in [-0.1, -0.05) is 0 Å². The number of aromatic nitrogens is 2. The first kappa shape index (κ1) is 13.6. The van der Waals surface area contributed by atoms with Crippen LogP contribution in [0.4, 0.5) is 5.69 Å². The monoisotopic (exact) mass is 345 g/mol. The number of benzene rings is 1. The van der Waals surface area contributed by atoms with E-state index in [9.17, 15) is 4.79 Å². The first-order valence-corrected chi connectivity index (χ1v) is 7.00. The molecule has 0 aliphatic rings. The number of methoxy groups -OCH3 is 1. The molecule has 2 aromatic heterocycles. The van der Waals surface area contributed by atoms with E-state index in [4.69, 9.17) is 10.5 Å². The lowest BCUT2D eigenvalue weighted by Gasteiger charge is -2.06. The van der Waals surface area contributed by atoms with Crippen LogP contribution in [0.15, 0.2) is 41.1 Å². The SMILES string of the molecule is COc1ccc(C(=O)c2c[nH]c3ncc(Br)cc23)cc1N. The fourth-order valence-electron chi connectivity index (χ4n) is 2.20. The minimum atomic E-state index is -0.115. The number of hydrogen-bond donors (Lipinski definition) is 2. The summed E-state index contributed by atoms with van der Waals surface area (Å²) in [6.45, 7) is 0. The second-order valence-corrected chi connectivity index (χ2v) is 5.45. The zero-order valence-electron chi connectivity index (χ0n) is 11.2. The quantitative estimate of drug-likeness (QED) is 0.564. The molecule has 21 heavy (non-hydrogen) atoms. The highest BCUT2D eigenvalue weighted by Crippen LogP contribution is 2.26. The topological polar surface area (TPSA) is 81.0 Å². The van der Waals surface area contributed by atoms with E-state index in [-0.39, 0.29) is 5.78 Å². The fourth-order valence-corrected chi connectivity index (χ4v) is 2.53. The molecule has 0 saturated carbocycles. The molecule has 0 bridgehead atoms. The van der Waals surface area contributed by atoms with Crippen molar-refractivity contribution in [3.05, 3.63) is 52.3 Å². The molecule has 5 nitrogen and oxygen atoms in total. The summed E-state index contributed by atoms with van der Waals surface area (Å²) in [4.78, 5) is 19.8. The van der Waals surface area contributed by atoms with Crippen molar-refractivity contribution in [1.29, 1.82) is 0 Å². The van der Waals surface area contributed by atoms with Crippen molar-refractivity contribution >= 4 is 38.4 Å². The van der Waals surface area contributed by atoms with Gasteiger partial charge in [-0.3, -0.25) is 4.79 Å². The van der Waals surface area contributed by atoms with Crippen LogP contribution in [0.5, 0.6) is 5.75 Å². The number of halogens is 1. The van der Waals surface area contributed by atoms with Crippen LogP contribution in [0.2, 0.25) is 0 Å². The molecule has 1 aromatic carbocycles. The van der Waals surface area contributed by atoms with E-state index in [0.717, 1.165) is 9.86 Å². The van der Waals surface area contributed by atoms with Crippen LogP contribution in [-0.2, 0) is 0 Å². The van der Waals surface area contributed by atoms with Crippen LogP contribution < -0.4 is 10.5 Å². The van der Waals surface area contributed by atoms with Gasteiger partial charge in [-0.05, 0) is 40.2 Å². The largest absolute Gasteiger partial charge is 0.495 e. The van der Waals surface area contributed by atoms with E-state index in [1.807, 2.05) is 6.07 Å². The summed E-state index contributed by atoms with van der Waals surface area (Å²) in [6, 6.07) is 6.86. The first-order valence-electron chi connectivity index (χ1n) is 6.21. The number of anilines is 1. The number of pyridine rings is 1. The molecule has 0 aliphatic heterocycles. The molecule has 3 rings (SSSR count). The maximum atomic E-state index is 12.6. The fraction of sp³-hybridized carbons (Fsp3) is 0.0667. The molecule has 3 N–H and O–H groups in total. The van der Waals surface area contributed by atoms with Crippen LogP contribution in [-0.4, -0.2) is 22.9 Å². The number of hydrogen-bond acceptors (Lipinski definition) is 4. The van der Waals surface area contributed by atoms with E-state index in [0.29, 0.717) is 28.2 Å². The van der Waals surface area contributed by atoms with Gasteiger partial charge in [-0.2, -0.15) is 0 Å². The molecule has 0 aliphatic carbocycles. The van der Waals surface area contributed by atoms with E-state index in [2.05, 4.69) is 25.9 Å². The van der Waals surface area contributed by atoms with Crippen LogP contribution in [0.25, 0.3) is 11.0 Å². The van der Waals surface area contributed by atoms with Gasteiger partial charge in [-0.15, -0.1) is 0 Å². The molecule has 0 saturated heterocycles. The molecular formula is C15H12BrN3O2. The second-order valence-electron chi connectivity index (χ2n) is 4.54. The van der Waals surface area contributed by atoms with E-state index < -0.39 is 0 Å². The number of nitrogens with two attached hydrogens (primary N) is 1. The Morgan fingerprint density at radius 3 is 2.90 bits per heavy atom. The third-order valence-electron chi connectivity index (χ3n) is 3.23. The number of carbonyl (C=O) groups is 1. The lowest BCUT2D eigenvalue weighted by molar-refractivity contribution is 0.104. The molecule has 0 atom stereocenters. The van der Waals surface area contributed by atoms with E-state index in [1.54, 1.807) is 30.6 Å². The molecule has 0 radical (unpaired) electrons. The number of carbonyl (C=O) groups excluding carboxylic acids is 1. The third kappa shape index (κ3) is 2.38. The van der Waals surface area contributed by atoms with Crippen LogP contribution in [0.1, 0.15) is 15.9 Å². The van der Waals surface area contributed by atoms with Crippen molar-refractivity contribution in [3.63, 3.8) is 0 Å². The summed E-state index contributed by atoms with van der Waals surface area (Å²) < 4.78 is 5.92. The van der Waals surface area contributed by atoms with Crippen molar-refractivity contribution in [3.8, 4) is 5.75 Å². The lowest BCUT2D eigenvalue weighted by atomic mass is 10.0. The molecule has 2 heterocycles. The number of ether oxygens (including phenoxy) is 1. The molecule has 6 heteroatoms. The minimum Gasteiger partial charge on any atom is -0.495 e. The predicted molar refractivity (Wildman–Crippen MR) is 84.6 cm³/mol. The summed E-state index contributed by atoms with van der Waals surface area (Å²) in [6.07, 6.45) is 3.34. The summed E-state index contributed by atoms with van der Waals surface area (Å²) in [5.41, 5.74) is 8.02. The third-order valence-corrected chi connectivity index (χ3v) is 3.67. The van der Waals surface area contributed by atoms with Crippen LogP contribution >= 0.6 is 15.9 Å². The van der Waals surface area contributed by atoms with Crippen LogP contribution in [0.3, 0.4) is 0 Å². The summed E-state index contributed by atoms with van der Waals surface area (Å²) in [5.74, 6) is 0.436. The number of ketones is 1. The van der Waals surface area contributed by atoms with Crippen molar-refractivity contribution < 1.29 is 9.53 Å². The summed E-state index contributed by atoms with van der Waals surface area (Å²) >= 11 is 3.36. The van der Waals surface area contributed by atoms with Gasteiger partial charge in [0.05, 0.1) is 12.8 Å². The van der Waals surface area contributed by atoms with Gasteiger partial charge in [0.25, 0.3) is 0 Å². The highest BCUT2D eigenvalue weighted by molar-refractivity contribution is 9.10. The second kappa shape index (κ2) is 5.21. The van der Waals surface area contributed by atoms with Gasteiger partial charge in [0, 0.05) is 33.4 Å². The molecule has 0 unspecified atom stereocenters. The van der Waals surface area contributed by atoms with Crippen molar-refractivity contribution in [2.75, 3.05) is 12.8 Å². The van der Waals surface area contributed by atoms with Crippen molar-refractivity contribution in [1.82, 2.24) is 9.97 Å². The standard InChI is InChI=1S/C15H12BrN3O2/c1-21-13-3-2-8(4-12(13)17)14(20)11-7-19-15-10(11)5-9(16)6-18-15/h2-7H,17H2,1H3,(H,18,19). The van der Waals surface area contributed by atoms with Crippen LogP contribution in [0, 0.1) is 0 Å². The van der Waals surface area contributed by atoms with Crippen molar-refractivity contribution in [2.24, 2.45) is 0 Å². The minimum absolute atomic E-state index is 0.115. The lowest BCUT2D eigenvalue weighted by Crippen LogP contribution is -2.02. The number of nitrogens with one attached hydrogen (secondary N) is 1. The first-order chi connectivity index (χ1) is 10.1. The Bertz CT molecular complexity index is 842. The van der Waals surface area contributed by atoms with Crippen molar-refractivity contribution in [2.45, 2.75) is 0 Å². The summed E-state index contributed by atoms with van der Waals surface area (Å²) in [5, 5.41) is 0.767. The number of nitrogen functional groups attached to an aromatic ring is 1. The molecule has 0 amide bonds. The summed E-state index contributed by atoms with van der Waals surface area (Å²) in [7, 11) is 1.54. The molecular weight excluding hydrogens is 334 g/mol. The van der Waals surface area contributed by atoms with E-state index in [1.165, 1.54) is 7.11 Å². The van der Waals surface area contributed by atoms with Gasteiger partial charge in [-0.25, -0.2) is 4.98 Å². The van der Waals surface area contributed by atoms with E-state index >= 15 is 0 Å². The Balaban J connectivity index is 2.08. The zero-order valence-corrected chi connectivity index (χ0v) is 12.8. The normalized spacial score (nSPS) is 10.8. The number of aromatic amines is 1. The van der Waals surface area contributed by atoms with Gasteiger partial charge >= 0.3 is 0 Å². The average Bonchev–Trinajstić information content (AvgIpc) is 2.89. The Hall–Kier alpha value is -2.34. The molecule has 0 fully saturated rings. The highest BCUT2D eigenvalue weighted by Gasteiger charge is 2.16. The Kier molecular flexibility index (Phi) is 3.39. The number of fused-ring (bicyclic) bond motifs is 1. The average molecular weight is 346 g/mol. The Morgan fingerprint density at radius 2 is 2.19 bits per heavy atom. The maximum Gasteiger partial charge on any atom is 0.195 e. The molecule has 0 spiro atoms. The van der Waals surface area contributed by atoms with Gasteiger partial charge in [0.15, 0.2) is 5.78 Å². The maximum absolute atomic E-state index is 12.6. The molecule has 3 aromatic rings. The zero-order chi connectivity index (χ0) is 15.0. The smallest absolute Gasteiger partial charge is 0.195 e. The number of H-pyrrole nitrogens is 1. The molecule has 106 valence electrons. The van der Waals surface area contributed by atoms with Gasteiger partial charge < -0.3 is 15.5 Å². The number of nitrogens with zero attached hydrogens (tertiary/aromatic N) is 1. The Morgan fingerprint density at radius 1 is 1.38 bits per heavy atom. The highest BCUT2D eigenvalue weighted by atomic mass is 79.9. The van der Waals surface area contributed by atoms with Gasteiger partial charge in [0.1, 0.15) is 11.4 Å². The number of rotatable bonds is 3. The van der Waals surface area contributed by atoms with Gasteiger partial charge in [0.2, 0.25) is 0 Å². The Labute approximate surface area is 129 Å².